The van der Waals surface area contributed by atoms with Gasteiger partial charge in [-0.3, -0.25) is 0 Å². The highest BCUT2D eigenvalue weighted by Crippen LogP contribution is 2.15. The molecule has 0 atom stereocenters. The third-order valence-electron chi connectivity index (χ3n) is 4.21. The van der Waals surface area contributed by atoms with E-state index in [-0.39, 0.29) is 24.0 Å². The van der Waals surface area contributed by atoms with Gasteiger partial charge in [-0.05, 0) is 19.1 Å². The summed E-state index contributed by atoms with van der Waals surface area (Å²) in [5.41, 5.74) is 1.29. The van der Waals surface area contributed by atoms with Crippen LogP contribution in [0, 0.1) is 0 Å². The van der Waals surface area contributed by atoms with Gasteiger partial charge in [0.1, 0.15) is 12.9 Å². The lowest BCUT2D eigenvalue weighted by Gasteiger charge is -2.37. The summed E-state index contributed by atoms with van der Waals surface area (Å²) in [6, 6.07) is 10.6. The quantitative estimate of drug-likeness (QED) is 0.432. The first-order valence-corrected chi connectivity index (χ1v) is 8.44. The SMILES string of the molecule is CCNC(=NCc1nncn1C)N1CCN(c2ccccc2)CC1.I. The molecule has 0 radical (unpaired) electrons. The van der Waals surface area contributed by atoms with E-state index in [4.69, 9.17) is 4.99 Å². The molecule has 2 aromatic rings. The third-order valence-corrected chi connectivity index (χ3v) is 4.21. The molecule has 8 heteroatoms. The van der Waals surface area contributed by atoms with E-state index in [0.29, 0.717) is 6.54 Å². The lowest BCUT2D eigenvalue weighted by atomic mass is 10.2. The zero-order chi connectivity index (χ0) is 16.8. The summed E-state index contributed by atoms with van der Waals surface area (Å²) in [4.78, 5) is 9.47. The Kier molecular flexibility index (Phi) is 7.48. The molecule has 1 aliphatic heterocycles. The van der Waals surface area contributed by atoms with E-state index in [9.17, 15) is 0 Å². The third kappa shape index (κ3) is 5.07. The predicted octanol–water partition coefficient (Wildman–Crippen LogP) is 1.72. The van der Waals surface area contributed by atoms with Gasteiger partial charge < -0.3 is 19.7 Å². The minimum Gasteiger partial charge on any atom is -0.368 e. The minimum absolute atomic E-state index is 0. The van der Waals surface area contributed by atoms with Crippen molar-refractivity contribution in [2.75, 3.05) is 37.6 Å². The summed E-state index contributed by atoms with van der Waals surface area (Å²) in [7, 11) is 1.94. The van der Waals surface area contributed by atoms with Crippen molar-refractivity contribution >= 4 is 35.6 Å². The molecule has 7 nitrogen and oxygen atoms in total. The second kappa shape index (κ2) is 9.59. The number of hydrogen-bond acceptors (Lipinski definition) is 4. The van der Waals surface area contributed by atoms with Crippen molar-refractivity contribution in [3.8, 4) is 0 Å². The van der Waals surface area contributed by atoms with Crippen LogP contribution in [0.4, 0.5) is 5.69 Å². The molecule has 0 spiro atoms. The van der Waals surface area contributed by atoms with Crippen molar-refractivity contribution in [1.29, 1.82) is 0 Å². The molecule has 0 aliphatic carbocycles. The molecule has 1 saturated heterocycles. The number of aliphatic imine (C=N–C) groups is 1. The Hall–Kier alpha value is -1.84. The summed E-state index contributed by atoms with van der Waals surface area (Å²) in [6.07, 6.45) is 1.70. The Morgan fingerprint density at radius 1 is 1.16 bits per heavy atom. The molecule has 0 amide bonds. The van der Waals surface area contributed by atoms with Gasteiger partial charge in [0.05, 0.1) is 0 Å². The zero-order valence-corrected chi connectivity index (χ0v) is 17.1. The van der Waals surface area contributed by atoms with Crippen LogP contribution < -0.4 is 10.2 Å². The molecule has 1 fully saturated rings. The van der Waals surface area contributed by atoms with E-state index in [2.05, 4.69) is 62.6 Å². The molecule has 2 heterocycles. The smallest absolute Gasteiger partial charge is 0.194 e. The van der Waals surface area contributed by atoms with Gasteiger partial charge in [-0.15, -0.1) is 34.2 Å². The van der Waals surface area contributed by atoms with Gasteiger partial charge in [-0.25, -0.2) is 4.99 Å². The van der Waals surface area contributed by atoms with Crippen LogP contribution in [-0.2, 0) is 13.6 Å². The molecule has 0 unspecified atom stereocenters. The molecule has 1 aromatic heterocycles. The second-order valence-corrected chi connectivity index (χ2v) is 5.84. The Balaban J connectivity index is 0.00000225. The van der Waals surface area contributed by atoms with E-state index >= 15 is 0 Å². The number of rotatable bonds is 4. The summed E-state index contributed by atoms with van der Waals surface area (Å²) in [5.74, 6) is 1.82. The van der Waals surface area contributed by atoms with Crippen LogP contribution in [0.15, 0.2) is 41.7 Å². The first-order valence-electron chi connectivity index (χ1n) is 8.44. The van der Waals surface area contributed by atoms with E-state index in [0.717, 1.165) is 44.5 Å². The summed E-state index contributed by atoms with van der Waals surface area (Å²) in [6.45, 7) is 7.40. The van der Waals surface area contributed by atoms with Gasteiger partial charge in [0.2, 0.25) is 0 Å². The first-order chi connectivity index (χ1) is 11.8. The van der Waals surface area contributed by atoms with Crippen molar-refractivity contribution in [1.82, 2.24) is 25.0 Å². The van der Waals surface area contributed by atoms with Gasteiger partial charge in [-0.2, -0.15) is 0 Å². The summed E-state index contributed by atoms with van der Waals surface area (Å²) >= 11 is 0. The first kappa shape index (κ1) is 19.5. The van der Waals surface area contributed by atoms with Crippen molar-refractivity contribution in [3.63, 3.8) is 0 Å². The number of hydrogen-bond donors (Lipinski definition) is 1. The highest BCUT2D eigenvalue weighted by atomic mass is 127. The fourth-order valence-electron chi connectivity index (χ4n) is 2.84. The molecule has 1 aromatic carbocycles. The number of anilines is 1. The maximum atomic E-state index is 4.73. The predicted molar refractivity (Wildman–Crippen MR) is 111 cm³/mol. The molecular weight excluding hydrogens is 429 g/mol. The molecule has 25 heavy (non-hydrogen) atoms. The molecule has 3 rings (SSSR count). The lowest BCUT2D eigenvalue weighted by molar-refractivity contribution is 0.372. The number of piperazine rings is 1. The number of para-hydroxylation sites is 1. The van der Waals surface area contributed by atoms with Gasteiger partial charge in [0, 0.05) is 45.5 Å². The Morgan fingerprint density at radius 2 is 1.88 bits per heavy atom. The van der Waals surface area contributed by atoms with Crippen LogP contribution in [0.3, 0.4) is 0 Å². The Morgan fingerprint density at radius 3 is 2.48 bits per heavy atom. The number of guanidine groups is 1. The highest BCUT2D eigenvalue weighted by Gasteiger charge is 2.19. The standard InChI is InChI=1S/C17H25N7.HI/c1-3-18-17(19-13-16-21-20-14-22(16)2)24-11-9-23(10-12-24)15-7-5-4-6-8-15;/h4-8,14H,3,9-13H2,1-2H3,(H,18,19);1H. The molecular formula is C17H26IN7. The topological polar surface area (TPSA) is 61.6 Å². The number of halogens is 1. The number of benzene rings is 1. The fraction of sp³-hybridized carbons (Fsp3) is 0.471. The van der Waals surface area contributed by atoms with Crippen LogP contribution >= 0.6 is 24.0 Å². The number of nitrogens with one attached hydrogen (secondary N) is 1. The van der Waals surface area contributed by atoms with Crippen LogP contribution in [0.25, 0.3) is 0 Å². The van der Waals surface area contributed by atoms with Crippen molar-refractivity contribution < 1.29 is 0 Å². The zero-order valence-electron chi connectivity index (χ0n) is 14.8. The highest BCUT2D eigenvalue weighted by molar-refractivity contribution is 14.0. The normalized spacial score (nSPS) is 15.0. The number of nitrogens with zero attached hydrogens (tertiary/aromatic N) is 6. The largest absolute Gasteiger partial charge is 0.368 e. The molecule has 136 valence electrons. The number of aromatic nitrogens is 3. The molecule has 0 saturated carbocycles. The maximum Gasteiger partial charge on any atom is 0.194 e. The van der Waals surface area contributed by atoms with Crippen LogP contribution in [0.1, 0.15) is 12.7 Å². The fourth-order valence-corrected chi connectivity index (χ4v) is 2.84. The van der Waals surface area contributed by atoms with E-state index in [1.165, 1.54) is 5.69 Å². The average Bonchev–Trinajstić information content (AvgIpc) is 3.04. The summed E-state index contributed by atoms with van der Waals surface area (Å²) < 4.78 is 1.90. The Bertz CT molecular complexity index is 663. The van der Waals surface area contributed by atoms with Gasteiger partial charge in [0.25, 0.3) is 0 Å². The van der Waals surface area contributed by atoms with Crippen molar-refractivity contribution in [2.24, 2.45) is 12.0 Å². The maximum absolute atomic E-state index is 4.73. The monoisotopic (exact) mass is 455 g/mol. The van der Waals surface area contributed by atoms with E-state index in [1.807, 2.05) is 11.6 Å². The van der Waals surface area contributed by atoms with Gasteiger partial charge >= 0.3 is 0 Å². The van der Waals surface area contributed by atoms with Crippen molar-refractivity contribution in [3.05, 3.63) is 42.5 Å². The van der Waals surface area contributed by atoms with Crippen LogP contribution in [-0.4, -0.2) is 58.3 Å². The lowest BCUT2D eigenvalue weighted by Crippen LogP contribution is -2.52. The minimum atomic E-state index is 0. The molecule has 1 aliphatic rings. The molecule has 0 bridgehead atoms. The number of aryl methyl sites for hydroxylation is 1. The molecule has 1 N–H and O–H groups in total. The second-order valence-electron chi connectivity index (χ2n) is 5.84. The average molecular weight is 455 g/mol. The van der Waals surface area contributed by atoms with E-state index in [1.54, 1.807) is 6.33 Å². The van der Waals surface area contributed by atoms with Crippen LogP contribution in [0.5, 0.6) is 0 Å². The Labute approximate surface area is 166 Å². The summed E-state index contributed by atoms with van der Waals surface area (Å²) in [5, 5.41) is 11.4. The van der Waals surface area contributed by atoms with Gasteiger partial charge in [0.15, 0.2) is 11.8 Å². The van der Waals surface area contributed by atoms with Crippen molar-refractivity contribution in [2.45, 2.75) is 13.5 Å². The van der Waals surface area contributed by atoms with Gasteiger partial charge in [-0.1, -0.05) is 18.2 Å². The van der Waals surface area contributed by atoms with Crippen LogP contribution in [0.2, 0.25) is 0 Å². The van der Waals surface area contributed by atoms with E-state index < -0.39 is 0 Å².